The number of likely N-dealkylation sites (N-methyl/N-ethyl adjacent to an activating group) is 1. The fourth-order valence-electron chi connectivity index (χ4n) is 7.93. The molecule has 0 amide bonds. The Morgan fingerprint density at radius 1 is 0.477 bits per heavy atom. The summed E-state index contributed by atoms with van der Waals surface area (Å²) in [6, 6.07) is 0. The van der Waals surface area contributed by atoms with Gasteiger partial charge in [0.1, 0.15) is 19.8 Å². The number of unbranched alkanes of at least 4 members (excludes halogenated alkanes) is 33. The normalized spacial score (nSPS) is 13.5. The van der Waals surface area contributed by atoms with E-state index in [-0.39, 0.29) is 25.6 Å². The maximum atomic E-state index is 12.8. The molecular formula is C55H107NO8P+. The molecule has 0 aliphatic heterocycles. The number of allylic oxidation sites excluding steroid dienone is 4. The second-order valence-electron chi connectivity index (χ2n) is 20.0. The van der Waals surface area contributed by atoms with Crippen LogP contribution in [0.2, 0.25) is 0 Å². The Balaban J connectivity index is 4.15. The van der Waals surface area contributed by atoms with Crippen LogP contribution in [0, 0.1) is 0 Å². The summed E-state index contributed by atoms with van der Waals surface area (Å²) in [4.78, 5) is 35.6. The second-order valence-corrected chi connectivity index (χ2v) is 21.4. The van der Waals surface area contributed by atoms with Gasteiger partial charge >= 0.3 is 19.8 Å². The number of esters is 2. The van der Waals surface area contributed by atoms with Crippen LogP contribution in [0.15, 0.2) is 24.3 Å². The predicted molar refractivity (Wildman–Crippen MR) is 275 cm³/mol. The molecule has 0 rings (SSSR count). The zero-order valence-corrected chi connectivity index (χ0v) is 44.4. The van der Waals surface area contributed by atoms with Crippen molar-refractivity contribution in [2.75, 3.05) is 47.5 Å². The van der Waals surface area contributed by atoms with Crippen molar-refractivity contribution < 1.29 is 42.1 Å². The Morgan fingerprint density at radius 2 is 0.831 bits per heavy atom. The topological polar surface area (TPSA) is 108 Å². The van der Waals surface area contributed by atoms with Gasteiger partial charge in [-0.15, -0.1) is 0 Å². The molecule has 0 aromatic heterocycles. The van der Waals surface area contributed by atoms with Crippen LogP contribution in [-0.4, -0.2) is 74.9 Å². The lowest BCUT2D eigenvalue weighted by molar-refractivity contribution is -0.870. The number of nitrogens with zero attached hydrogens (tertiary/aromatic N) is 1. The van der Waals surface area contributed by atoms with Crippen molar-refractivity contribution in [2.45, 2.75) is 270 Å². The summed E-state index contributed by atoms with van der Waals surface area (Å²) in [6.07, 6.45) is 55.2. The quantitative estimate of drug-likeness (QED) is 0.0211. The number of ether oxygens (including phenoxy) is 2. The van der Waals surface area contributed by atoms with Gasteiger partial charge in [0.2, 0.25) is 0 Å². The monoisotopic (exact) mass is 941 g/mol. The summed E-state index contributed by atoms with van der Waals surface area (Å²) < 4.78 is 34.5. The molecule has 2 atom stereocenters. The minimum atomic E-state index is -4.38. The van der Waals surface area contributed by atoms with Crippen LogP contribution in [0.1, 0.15) is 264 Å². The highest BCUT2D eigenvalue weighted by Crippen LogP contribution is 2.43. The van der Waals surface area contributed by atoms with Gasteiger partial charge in [0, 0.05) is 12.8 Å². The van der Waals surface area contributed by atoms with Gasteiger partial charge in [0.15, 0.2) is 6.10 Å². The van der Waals surface area contributed by atoms with E-state index in [2.05, 4.69) is 38.2 Å². The Morgan fingerprint density at radius 3 is 1.22 bits per heavy atom. The van der Waals surface area contributed by atoms with E-state index in [1.165, 1.54) is 193 Å². The number of carbonyl (C=O) groups is 2. The van der Waals surface area contributed by atoms with E-state index in [1.807, 2.05) is 21.1 Å². The molecule has 65 heavy (non-hydrogen) atoms. The zero-order valence-electron chi connectivity index (χ0n) is 43.5. The summed E-state index contributed by atoms with van der Waals surface area (Å²) in [6.45, 7) is 4.46. The number of carbonyl (C=O) groups excluding carboxylic acids is 2. The van der Waals surface area contributed by atoms with E-state index in [0.717, 1.165) is 38.5 Å². The second kappa shape index (κ2) is 47.6. The summed E-state index contributed by atoms with van der Waals surface area (Å²) in [5.41, 5.74) is 0. The molecule has 0 aliphatic carbocycles. The molecule has 0 saturated heterocycles. The number of hydrogen-bond acceptors (Lipinski definition) is 7. The molecule has 384 valence electrons. The number of rotatable bonds is 51. The number of quaternary nitrogens is 1. The minimum Gasteiger partial charge on any atom is -0.462 e. The third-order valence-corrected chi connectivity index (χ3v) is 13.2. The summed E-state index contributed by atoms with van der Waals surface area (Å²) >= 11 is 0. The van der Waals surface area contributed by atoms with Gasteiger partial charge < -0.3 is 18.9 Å². The molecule has 0 bridgehead atoms. The lowest BCUT2D eigenvalue weighted by Gasteiger charge is -2.24. The fraction of sp³-hybridized carbons (Fsp3) is 0.891. The first-order valence-corrected chi connectivity index (χ1v) is 29.1. The number of hydrogen-bond donors (Lipinski definition) is 1. The Kier molecular flexibility index (Phi) is 46.4. The van der Waals surface area contributed by atoms with E-state index in [1.54, 1.807) is 0 Å². The average Bonchev–Trinajstić information content (AvgIpc) is 3.26. The van der Waals surface area contributed by atoms with Crippen LogP contribution in [0.25, 0.3) is 0 Å². The molecule has 0 saturated carbocycles. The van der Waals surface area contributed by atoms with Gasteiger partial charge in [-0.05, 0) is 44.9 Å². The molecule has 0 aliphatic rings. The van der Waals surface area contributed by atoms with Crippen LogP contribution in [-0.2, 0) is 32.7 Å². The highest BCUT2D eigenvalue weighted by Gasteiger charge is 2.27. The molecule has 0 radical (unpaired) electrons. The van der Waals surface area contributed by atoms with Crippen molar-refractivity contribution in [2.24, 2.45) is 0 Å². The maximum Gasteiger partial charge on any atom is 0.472 e. The summed E-state index contributed by atoms with van der Waals surface area (Å²) in [7, 11) is 1.49. The first-order chi connectivity index (χ1) is 31.5. The molecule has 0 aromatic rings. The predicted octanol–water partition coefficient (Wildman–Crippen LogP) is 16.6. The molecular weight excluding hydrogens is 834 g/mol. The van der Waals surface area contributed by atoms with Crippen LogP contribution in [0.4, 0.5) is 0 Å². The van der Waals surface area contributed by atoms with E-state index < -0.39 is 26.5 Å². The Hall–Kier alpha value is -1.51. The van der Waals surface area contributed by atoms with Gasteiger partial charge in [0.05, 0.1) is 27.7 Å². The van der Waals surface area contributed by atoms with Crippen molar-refractivity contribution in [3.63, 3.8) is 0 Å². The minimum absolute atomic E-state index is 0.0343. The van der Waals surface area contributed by atoms with Gasteiger partial charge in [-0.25, -0.2) is 4.57 Å². The molecule has 10 heteroatoms. The third kappa shape index (κ3) is 51.7. The Bertz CT molecular complexity index is 1150. The molecule has 0 fully saturated rings. The highest BCUT2D eigenvalue weighted by atomic mass is 31.2. The molecule has 0 heterocycles. The lowest BCUT2D eigenvalue weighted by Crippen LogP contribution is -2.37. The summed E-state index contributed by atoms with van der Waals surface area (Å²) in [5.74, 6) is -0.784. The third-order valence-electron chi connectivity index (χ3n) is 12.2. The standard InChI is InChI=1S/C55H106NO8P/c1-6-8-10-12-14-16-18-20-22-24-25-26-27-28-29-30-31-32-34-36-38-40-42-44-46-48-55(58)64-53(52-63-65(59,60)62-50-49-56(3,4)5)51-61-54(57)47-45-43-41-39-37-35-33-23-21-19-17-15-13-11-9-7-2/h18,20,24-25,53H,6-17,19,21-23,26-52H2,1-5H3/p+1/b20-18-,25-24-. The molecule has 2 unspecified atom stereocenters. The first kappa shape index (κ1) is 63.5. The smallest absolute Gasteiger partial charge is 0.462 e. The number of phosphoric ester groups is 1. The van der Waals surface area contributed by atoms with E-state index >= 15 is 0 Å². The first-order valence-electron chi connectivity index (χ1n) is 27.6. The Labute approximate surface area is 402 Å². The van der Waals surface area contributed by atoms with Crippen LogP contribution < -0.4 is 0 Å². The van der Waals surface area contributed by atoms with Crippen molar-refractivity contribution in [3.8, 4) is 0 Å². The van der Waals surface area contributed by atoms with E-state index in [0.29, 0.717) is 23.9 Å². The van der Waals surface area contributed by atoms with Crippen molar-refractivity contribution in [3.05, 3.63) is 24.3 Å². The van der Waals surface area contributed by atoms with Crippen LogP contribution in [0.3, 0.4) is 0 Å². The molecule has 0 aromatic carbocycles. The van der Waals surface area contributed by atoms with Gasteiger partial charge in [0.25, 0.3) is 0 Å². The van der Waals surface area contributed by atoms with Crippen molar-refractivity contribution in [1.29, 1.82) is 0 Å². The van der Waals surface area contributed by atoms with Gasteiger partial charge in [-0.3, -0.25) is 18.6 Å². The fourth-order valence-corrected chi connectivity index (χ4v) is 8.67. The zero-order chi connectivity index (χ0) is 47.8. The number of phosphoric acid groups is 1. The van der Waals surface area contributed by atoms with E-state index in [9.17, 15) is 19.0 Å². The van der Waals surface area contributed by atoms with Crippen LogP contribution >= 0.6 is 7.82 Å². The van der Waals surface area contributed by atoms with Gasteiger partial charge in [-0.1, -0.05) is 231 Å². The maximum absolute atomic E-state index is 12.8. The lowest BCUT2D eigenvalue weighted by atomic mass is 10.0. The van der Waals surface area contributed by atoms with E-state index in [4.69, 9.17) is 18.5 Å². The van der Waals surface area contributed by atoms with Gasteiger partial charge in [-0.2, -0.15) is 0 Å². The van der Waals surface area contributed by atoms with Crippen molar-refractivity contribution >= 4 is 19.8 Å². The van der Waals surface area contributed by atoms with Crippen LogP contribution in [0.5, 0.6) is 0 Å². The molecule has 9 nitrogen and oxygen atoms in total. The summed E-state index contributed by atoms with van der Waals surface area (Å²) in [5, 5.41) is 0. The molecule has 1 N–H and O–H groups in total. The average molecular weight is 941 g/mol. The molecule has 0 spiro atoms. The van der Waals surface area contributed by atoms with Crippen molar-refractivity contribution in [1.82, 2.24) is 0 Å². The SMILES string of the molecule is CCCCCCC/C=C\C/C=C\CCCCCCCCCCCCCCCC(=O)OC(COC(=O)CCCCCCCCCCCCCCCCCC)COP(=O)(O)OCC[N+](C)(C)C. The highest BCUT2D eigenvalue weighted by molar-refractivity contribution is 7.47. The largest absolute Gasteiger partial charge is 0.472 e.